The summed E-state index contributed by atoms with van der Waals surface area (Å²) in [6.07, 6.45) is 4.93. The lowest BCUT2D eigenvalue weighted by Crippen LogP contribution is -2.26. The van der Waals surface area contributed by atoms with Crippen molar-refractivity contribution in [1.29, 1.82) is 5.26 Å². The van der Waals surface area contributed by atoms with Crippen LogP contribution in [0.3, 0.4) is 0 Å². The van der Waals surface area contributed by atoms with E-state index in [0.29, 0.717) is 35.7 Å². The van der Waals surface area contributed by atoms with Crippen LogP contribution in [0.5, 0.6) is 11.5 Å². The maximum atomic E-state index is 9.89. The summed E-state index contributed by atoms with van der Waals surface area (Å²) in [6, 6.07) is 14.0. The van der Waals surface area contributed by atoms with Crippen LogP contribution in [0.25, 0.3) is 0 Å². The molecule has 0 spiro atoms. The zero-order valence-corrected chi connectivity index (χ0v) is 24.8. The Hall–Kier alpha value is -2.08. The summed E-state index contributed by atoms with van der Waals surface area (Å²) in [5, 5.41) is 11.4. The molecule has 0 fully saturated rings. The number of hydrogen-bond donors (Lipinski definition) is 0. The summed E-state index contributed by atoms with van der Waals surface area (Å²) in [7, 11) is 0. The van der Waals surface area contributed by atoms with E-state index in [1.807, 2.05) is 49.5 Å². The lowest BCUT2D eigenvalue weighted by molar-refractivity contribution is 0.218. The lowest BCUT2D eigenvalue weighted by atomic mass is 9.72. The third kappa shape index (κ3) is 6.24. The summed E-state index contributed by atoms with van der Waals surface area (Å²) in [6.45, 7) is 9.82. The monoisotopic (exact) mass is 632 g/mol. The minimum atomic E-state index is 0.266. The standard InChI is InChI=1S/C29H30ClIN2O2S/c1-5-34-25-13-19(12-24(31)27(25)35-17-18-6-9-21(30)10-7-18)16-33-28-23(15-32)22-11-8-20(29(2,3)4)14-26(22)36-28/h6-7,9-10,12-13,16,20H,5,8,11,14,17H2,1-4H3/t20-/m0/s1. The van der Waals surface area contributed by atoms with E-state index in [0.717, 1.165) is 44.5 Å². The second kappa shape index (κ2) is 11.5. The molecule has 36 heavy (non-hydrogen) atoms. The second-order valence-electron chi connectivity index (χ2n) is 10.0. The number of rotatable bonds is 7. The Kier molecular flexibility index (Phi) is 8.64. The van der Waals surface area contributed by atoms with Crippen LogP contribution in [0.4, 0.5) is 5.00 Å². The molecule has 1 atom stereocenters. The lowest BCUT2D eigenvalue weighted by Gasteiger charge is -2.33. The Morgan fingerprint density at radius 2 is 1.97 bits per heavy atom. The van der Waals surface area contributed by atoms with Crippen molar-refractivity contribution in [3.05, 3.63) is 72.1 Å². The van der Waals surface area contributed by atoms with E-state index in [4.69, 9.17) is 26.1 Å². The molecule has 0 saturated heterocycles. The summed E-state index contributed by atoms with van der Waals surface area (Å²) in [4.78, 5) is 6.09. The number of nitrogens with zero attached hydrogens (tertiary/aromatic N) is 2. The van der Waals surface area contributed by atoms with Gasteiger partial charge in [-0.15, -0.1) is 11.3 Å². The molecule has 0 N–H and O–H groups in total. The van der Waals surface area contributed by atoms with Crippen LogP contribution < -0.4 is 9.47 Å². The van der Waals surface area contributed by atoms with Gasteiger partial charge >= 0.3 is 0 Å². The highest BCUT2D eigenvalue weighted by Crippen LogP contribution is 2.45. The minimum Gasteiger partial charge on any atom is -0.490 e. The van der Waals surface area contributed by atoms with Gasteiger partial charge in [0.1, 0.15) is 17.7 Å². The molecule has 0 amide bonds. The number of halogens is 2. The maximum Gasteiger partial charge on any atom is 0.175 e. The van der Waals surface area contributed by atoms with Crippen LogP contribution in [0.15, 0.2) is 41.4 Å². The Balaban J connectivity index is 1.57. The van der Waals surface area contributed by atoms with Crippen molar-refractivity contribution < 1.29 is 9.47 Å². The topological polar surface area (TPSA) is 54.6 Å². The Morgan fingerprint density at radius 1 is 1.22 bits per heavy atom. The van der Waals surface area contributed by atoms with Crippen molar-refractivity contribution >= 4 is 56.7 Å². The van der Waals surface area contributed by atoms with E-state index in [1.54, 1.807) is 11.3 Å². The number of aliphatic imine (C=N–C) groups is 1. The first-order chi connectivity index (χ1) is 17.2. The first-order valence-corrected chi connectivity index (χ1v) is 14.4. The molecule has 1 aromatic heterocycles. The van der Waals surface area contributed by atoms with E-state index in [9.17, 15) is 5.26 Å². The van der Waals surface area contributed by atoms with Crippen LogP contribution in [0, 0.1) is 26.2 Å². The number of ether oxygens (including phenoxy) is 2. The third-order valence-electron chi connectivity index (χ3n) is 6.54. The smallest absolute Gasteiger partial charge is 0.175 e. The molecule has 1 aliphatic rings. The van der Waals surface area contributed by atoms with Gasteiger partial charge in [0, 0.05) is 16.1 Å². The van der Waals surface area contributed by atoms with Crippen LogP contribution in [0.1, 0.15) is 61.2 Å². The molecular weight excluding hydrogens is 603 g/mol. The Labute approximate surface area is 236 Å². The van der Waals surface area contributed by atoms with Crippen molar-refractivity contribution in [3.63, 3.8) is 0 Å². The Bertz CT molecular complexity index is 1300. The van der Waals surface area contributed by atoms with Gasteiger partial charge in [-0.05, 0) is 101 Å². The highest BCUT2D eigenvalue weighted by Gasteiger charge is 2.32. The summed E-state index contributed by atoms with van der Waals surface area (Å²) in [5.41, 5.74) is 4.14. The SMILES string of the molecule is CCOc1cc(C=Nc2sc3c(c2C#N)CC[C@H](C(C)(C)C)C3)cc(I)c1OCc1ccc(Cl)cc1. The molecular formula is C29H30ClIN2O2S. The molecule has 7 heteroatoms. The quantitative estimate of drug-likeness (QED) is 0.193. The molecule has 0 saturated carbocycles. The Morgan fingerprint density at radius 3 is 2.64 bits per heavy atom. The van der Waals surface area contributed by atoms with Crippen molar-refractivity contribution in [1.82, 2.24) is 0 Å². The highest BCUT2D eigenvalue weighted by atomic mass is 127. The fourth-order valence-electron chi connectivity index (χ4n) is 4.45. The van der Waals surface area contributed by atoms with Gasteiger partial charge in [-0.3, -0.25) is 0 Å². The van der Waals surface area contributed by atoms with E-state index in [1.165, 1.54) is 10.4 Å². The molecule has 3 aromatic rings. The molecule has 0 bridgehead atoms. The summed E-state index contributed by atoms with van der Waals surface area (Å²) < 4.78 is 13.0. The fourth-order valence-corrected chi connectivity index (χ4v) is 6.58. The van der Waals surface area contributed by atoms with Crippen molar-refractivity contribution in [2.45, 2.75) is 53.6 Å². The van der Waals surface area contributed by atoms with Crippen LogP contribution >= 0.6 is 45.5 Å². The van der Waals surface area contributed by atoms with Crippen molar-refractivity contribution in [2.24, 2.45) is 16.3 Å². The average molecular weight is 633 g/mol. The summed E-state index contributed by atoms with van der Waals surface area (Å²) >= 11 is 9.93. The molecule has 0 aliphatic heterocycles. The van der Waals surface area contributed by atoms with Gasteiger partial charge in [-0.1, -0.05) is 44.5 Å². The predicted octanol–water partition coefficient (Wildman–Crippen LogP) is 8.76. The van der Waals surface area contributed by atoms with E-state index < -0.39 is 0 Å². The van der Waals surface area contributed by atoms with Gasteiger partial charge in [-0.25, -0.2) is 4.99 Å². The first-order valence-electron chi connectivity index (χ1n) is 12.1. The maximum absolute atomic E-state index is 9.89. The largest absolute Gasteiger partial charge is 0.490 e. The zero-order valence-electron chi connectivity index (χ0n) is 21.0. The normalized spacial score (nSPS) is 15.5. The number of fused-ring (bicyclic) bond motifs is 1. The van der Waals surface area contributed by atoms with E-state index in [2.05, 4.69) is 49.4 Å². The first kappa shape index (κ1) is 27.0. The van der Waals surface area contributed by atoms with Gasteiger partial charge in [0.05, 0.1) is 15.7 Å². The van der Waals surface area contributed by atoms with Gasteiger partial charge in [0.15, 0.2) is 11.5 Å². The molecule has 1 aliphatic carbocycles. The van der Waals surface area contributed by atoms with Gasteiger partial charge in [0.2, 0.25) is 0 Å². The van der Waals surface area contributed by atoms with Crippen LogP contribution in [0.2, 0.25) is 5.02 Å². The molecule has 188 valence electrons. The van der Waals surface area contributed by atoms with Gasteiger partial charge in [-0.2, -0.15) is 5.26 Å². The summed E-state index contributed by atoms with van der Waals surface area (Å²) in [5.74, 6) is 2.02. The number of nitriles is 1. The zero-order chi connectivity index (χ0) is 25.9. The fraction of sp³-hybridized carbons (Fsp3) is 0.379. The van der Waals surface area contributed by atoms with Crippen molar-refractivity contribution in [2.75, 3.05) is 6.61 Å². The van der Waals surface area contributed by atoms with E-state index in [-0.39, 0.29) is 5.41 Å². The molecule has 2 aromatic carbocycles. The number of hydrogen-bond acceptors (Lipinski definition) is 5. The minimum absolute atomic E-state index is 0.266. The predicted molar refractivity (Wildman–Crippen MR) is 157 cm³/mol. The number of thiophene rings is 1. The van der Waals surface area contributed by atoms with E-state index >= 15 is 0 Å². The molecule has 4 nitrogen and oxygen atoms in total. The molecule has 0 unspecified atom stereocenters. The average Bonchev–Trinajstić information content (AvgIpc) is 3.19. The van der Waals surface area contributed by atoms with Crippen LogP contribution in [-0.4, -0.2) is 12.8 Å². The van der Waals surface area contributed by atoms with Gasteiger partial charge in [0.25, 0.3) is 0 Å². The third-order valence-corrected chi connectivity index (χ3v) is 8.76. The molecule has 1 heterocycles. The van der Waals surface area contributed by atoms with Gasteiger partial charge < -0.3 is 9.47 Å². The number of benzene rings is 2. The van der Waals surface area contributed by atoms with Crippen LogP contribution in [-0.2, 0) is 19.4 Å². The second-order valence-corrected chi connectivity index (χ2v) is 12.7. The molecule has 4 rings (SSSR count). The highest BCUT2D eigenvalue weighted by molar-refractivity contribution is 14.1. The molecule has 0 radical (unpaired) electrons. The van der Waals surface area contributed by atoms with Crippen molar-refractivity contribution in [3.8, 4) is 17.6 Å².